The second kappa shape index (κ2) is 8.53. The van der Waals surface area contributed by atoms with Crippen LogP contribution in [0.4, 0.5) is 13.2 Å². The summed E-state index contributed by atoms with van der Waals surface area (Å²) in [5.74, 6) is 0.723. The number of hydrogen-bond acceptors (Lipinski definition) is 5. The molecule has 1 aromatic rings. The zero-order valence-electron chi connectivity index (χ0n) is 16.1. The molecule has 5 N–H and O–H groups in total. The first-order valence-electron chi connectivity index (χ1n) is 10.1. The maximum atomic E-state index is 13.3. The molecule has 4 atom stereocenters. The van der Waals surface area contributed by atoms with Crippen LogP contribution in [0.5, 0.6) is 0 Å². The summed E-state index contributed by atoms with van der Waals surface area (Å²) in [6.07, 6.45) is -1.53. The zero-order valence-corrected chi connectivity index (χ0v) is 16.9. The number of nitrogens with zero attached hydrogens (tertiary/aromatic N) is 1. The lowest BCUT2D eigenvalue weighted by atomic mass is 9.91. The van der Waals surface area contributed by atoms with Gasteiger partial charge in [-0.25, -0.2) is 0 Å². The van der Waals surface area contributed by atoms with E-state index >= 15 is 0 Å². The number of rotatable bonds is 4. The molecule has 0 spiro atoms. The highest BCUT2D eigenvalue weighted by Gasteiger charge is 2.40. The van der Waals surface area contributed by atoms with Crippen molar-refractivity contribution in [2.24, 2.45) is 17.6 Å². The largest absolute Gasteiger partial charge is 0.417 e. The summed E-state index contributed by atoms with van der Waals surface area (Å²) in [7, 11) is 0. The number of halogens is 4. The lowest BCUT2D eigenvalue weighted by Gasteiger charge is -2.44. The Balaban J connectivity index is 1.58. The molecule has 4 rings (SSSR count). The summed E-state index contributed by atoms with van der Waals surface area (Å²) in [4.78, 5) is 2.40. The molecule has 29 heavy (non-hydrogen) atoms. The highest BCUT2D eigenvalue weighted by Crippen LogP contribution is 2.37. The number of nitrogens with one attached hydrogen (secondary N) is 3. The van der Waals surface area contributed by atoms with Crippen molar-refractivity contribution in [1.82, 2.24) is 20.9 Å². The standard InChI is InChI=1S/C20H27ClF3N5/c21-17-2-1-13(7-16(17)20(22,23)24)18-27-10-15(14-3-5-26-9-14)19(28-18)29-6-4-12(8-25)11-29/h1-3,7,12,15,18-19,26-28H,4-6,8-11,25H2/t12-,15?,18?,19?/m0/s1. The third-order valence-electron chi connectivity index (χ3n) is 6.25. The summed E-state index contributed by atoms with van der Waals surface area (Å²) >= 11 is 5.80. The molecule has 3 unspecified atom stereocenters. The first-order valence-corrected chi connectivity index (χ1v) is 10.4. The number of nitrogens with two attached hydrogens (primary N) is 1. The Kier molecular flexibility index (Phi) is 6.20. The predicted molar refractivity (Wildman–Crippen MR) is 107 cm³/mol. The Hall–Kier alpha value is -1.16. The van der Waals surface area contributed by atoms with Crippen LogP contribution >= 0.6 is 11.6 Å². The lowest BCUT2D eigenvalue weighted by molar-refractivity contribution is -0.137. The summed E-state index contributed by atoms with van der Waals surface area (Å²) in [6.45, 7) is 4.92. The smallest absolute Gasteiger partial charge is 0.330 e. The van der Waals surface area contributed by atoms with Gasteiger partial charge in [0.1, 0.15) is 0 Å². The van der Waals surface area contributed by atoms with Gasteiger partial charge < -0.3 is 11.1 Å². The molecule has 3 aliphatic heterocycles. The van der Waals surface area contributed by atoms with Gasteiger partial charge in [-0.3, -0.25) is 15.5 Å². The molecule has 0 aliphatic carbocycles. The Bertz CT molecular complexity index is 769. The molecule has 3 heterocycles. The number of likely N-dealkylation sites (tertiary alicyclic amines) is 1. The van der Waals surface area contributed by atoms with Crippen molar-refractivity contribution in [1.29, 1.82) is 0 Å². The first-order chi connectivity index (χ1) is 13.9. The van der Waals surface area contributed by atoms with E-state index in [2.05, 4.69) is 26.9 Å². The lowest BCUT2D eigenvalue weighted by Crippen LogP contribution is -2.60. The van der Waals surface area contributed by atoms with Crippen LogP contribution in [0.25, 0.3) is 0 Å². The highest BCUT2D eigenvalue weighted by molar-refractivity contribution is 6.31. The molecular weight excluding hydrogens is 403 g/mol. The fourth-order valence-corrected chi connectivity index (χ4v) is 4.86. The fourth-order valence-electron chi connectivity index (χ4n) is 4.63. The summed E-state index contributed by atoms with van der Waals surface area (Å²) in [5.41, 5.74) is 6.96. The van der Waals surface area contributed by atoms with Crippen molar-refractivity contribution in [3.8, 4) is 0 Å². The summed E-state index contributed by atoms with van der Waals surface area (Å²) < 4.78 is 39.9. The number of alkyl halides is 3. The van der Waals surface area contributed by atoms with E-state index in [1.165, 1.54) is 11.6 Å². The Morgan fingerprint density at radius 1 is 1.28 bits per heavy atom. The van der Waals surface area contributed by atoms with Gasteiger partial charge in [-0.05, 0) is 36.6 Å². The van der Waals surface area contributed by atoms with Crippen LogP contribution in [-0.4, -0.2) is 50.3 Å². The third-order valence-corrected chi connectivity index (χ3v) is 6.58. The van der Waals surface area contributed by atoms with Gasteiger partial charge in [-0.1, -0.05) is 29.3 Å². The Morgan fingerprint density at radius 2 is 2.10 bits per heavy atom. The van der Waals surface area contributed by atoms with E-state index in [4.69, 9.17) is 17.3 Å². The van der Waals surface area contributed by atoms with Crippen molar-refractivity contribution in [3.05, 3.63) is 46.0 Å². The molecule has 0 aromatic heterocycles. The molecule has 9 heteroatoms. The van der Waals surface area contributed by atoms with Crippen LogP contribution in [0.15, 0.2) is 29.8 Å². The Labute approximate surface area is 173 Å². The minimum atomic E-state index is -4.48. The minimum Gasteiger partial charge on any atom is -0.330 e. The van der Waals surface area contributed by atoms with Crippen molar-refractivity contribution in [3.63, 3.8) is 0 Å². The SMILES string of the molecule is NC[C@@H]1CCN(C2NC(c3ccc(Cl)c(C(F)(F)F)c3)NCC2C2=CCNC2)C1. The molecular formula is C20H27ClF3N5. The molecule has 0 saturated carbocycles. The normalized spacial score (nSPS) is 31.3. The van der Waals surface area contributed by atoms with Crippen LogP contribution < -0.4 is 21.7 Å². The van der Waals surface area contributed by atoms with Crippen LogP contribution in [0.3, 0.4) is 0 Å². The summed E-state index contributed by atoms with van der Waals surface area (Å²) in [5, 5.41) is 10.0. The maximum absolute atomic E-state index is 13.3. The molecule has 2 fully saturated rings. The van der Waals surface area contributed by atoms with Crippen LogP contribution in [0.2, 0.25) is 5.02 Å². The van der Waals surface area contributed by atoms with Crippen molar-refractivity contribution in [2.75, 3.05) is 39.3 Å². The average molecular weight is 430 g/mol. The summed E-state index contributed by atoms with van der Waals surface area (Å²) in [6, 6.07) is 4.13. The van der Waals surface area contributed by atoms with Gasteiger partial charge in [0.2, 0.25) is 0 Å². The van der Waals surface area contributed by atoms with Gasteiger partial charge in [0, 0.05) is 38.6 Å². The van der Waals surface area contributed by atoms with Gasteiger partial charge >= 0.3 is 6.18 Å². The quantitative estimate of drug-likeness (QED) is 0.553. The van der Waals surface area contributed by atoms with E-state index < -0.39 is 11.7 Å². The predicted octanol–water partition coefficient (Wildman–Crippen LogP) is 2.30. The molecule has 5 nitrogen and oxygen atoms in total. The van der Waals surface area contributed by atoms with E-state index in [1.807, 2.05) is 0 Å². The van der Waals surface area contributed by atoms with Gasteiger partial charge in [-0.15, -0.1) is 0 Å². The highest BCUT2D eigenvalue weighted by atomic mass is 35.5. The van der Waals surface area contributed by atoms with Crippen LogP contribution in [-0.2, 0) is 6.18 Å². The minimum absolute atomic E-state index is 0.0500. The molecule has 0 amide bonds. The molecule has 0 radical (unpaired) electrons. The van der Waals surface area contributed by atoms with Gasteiger partial charge in [0.05, 0.1) is 22.9 Å². The van der Waals surface area contributed by atoms with Gasteiger partial charge in [0.15, 0.2) is 0 Å². The van der Waals surface area contributed by atoms with E-state index in [0.29, 0.717) is 24.6 Å². The van der Waals surface area contributed by atoms with E-state index in [1.54, 1.807) is 6.07 Å². The van der Waals surface area contributed by atoms with Gasteiger partial charge in [-0.2, -0.15) is 13.2 Å². The zero-order chi connectivity index (χ0) is 20.6. The molecule has 160 valence electrons. The maximum Gasteiger partial charge on any atom is 0.417 e. The van der Waals surface area contributed by atoms with Crippen molar-refractivity contribution >= 4 is 11.6 Å². The molecule has 1 aromatic carbocycles. The van der Waals surface area contributed by atoms with Gasteiger partial charge in [0.25, 0.3) is 0 Å². The van der Waals surface area contributed by atoms with Crippen LogP contribution in [0, 0.1) is 11.8 Å². The second-order valence-electron chi connectivity index (χ2n) is 8.09. The van der Waals surface area contributed by atoms with E-state index in [9.17, 15) is 13.2 Å². The Morgan fingerprint density at radius 3 is 2.76 bits per heavy atom. The average Bonchev–Trinajstić information content (AvgIpc) is 3.39. The molecule has 2 saturated heterocycles. The van der Waals surface area contributed by atoms with Crippen molar-refractivity contribution < 1.29 is 13.2 Å². The monoisotopic (exact) mass is 429 g/mol. The van der Waals surface area contributed by atoms with Crippen molar-refractivity contribution in [2.45, 2.75) is 24.9 Å². The third kappa shape index (κ3) is 4.47. The van der Waals surface area contributed by atoms with E-state index in [-0.39, 0.29) is 23.3 Å². The first kappa shape index (κ1) is 21.1. The van der Waals surface area contributed by atoms with E-state index in [0.717, 1.165) is 38.7 Å². The fraction of sp³-hybridized carbons (Fsp3) is 0.600. The number of hydrogen-bond donors (Lipinski definition) is 4. The topological polar surface area (TPSA) is 65.3 Å². The van der Waals surface area contributed by atoms with Crippen LogP contribution in [0.1, 0.15) is 23.7 Å². The molecule has 0 bridgehead atoms. The molecule has 3 aliphatic rings. The second-order valence-corrected chi connectivity index (χ2v) is 8.50. The number of benzene rings is 1.